The number of hydrogen-bond acceptors (Lipinski definition) is 2. The van der Waals surface area contributed by atoms with Crippen molar-refractivity contribution in [3.8, 4) is 11.8 Å². The van der Waals surface area contributed by atoms with Crippen LogP contribution < -0.4 is 9.80 Å². The van der Waals surface area contributed by atoms with E-state index in [1.165, 1.54) is 27.9 Å². The Morgan fingerprint density at radius 2 is 1.35 bits per heavy atom. The third kappa shape index (κ3) is 4.82. The van der Waals surface area contributed by atoms with Crippen LogP contribution >= 0.6 is 0 Å². The first kappa shape index (κ1) is 23.1. The van der Waals surface area contributed by atoms with Gasteiger partial charge in [0.25, 0.3) is 0 Å². The fourth-order valence-corrected chi connectivity index (χ4v) is 4.08. The van der Waals surface area contributed by atoms with Crippen LogP contribution in [0.4, 0.5) is 11.4 Å². The number of allylic oxidation sites excluding steroid dienone is 6. The first-order chi connectivity index (χ1) is 16.3. The Bertz CT molecular complexity index is 1380. The Labute approximate surface area is 203 Å². The maximum atomic E-state index is 3.53. The molecule has 0 atom stereocenters. The molecule has 3 heteroatoms. The number of fused-ring (bicyclic) bond motifs is 1. The second-order valence-corrected chi connectivity index (χ2v) is 9.08. The number of benzene rings is 3. The molecule has 0 fully saturated rings. The number of nitrogens with zero attached hydrogens (tertiary/aromatic N) is 3. The summed E-state index contributed by atoms with van der Waals surface area (Å²) in [6.07, 6.45) is 8.61. The SMILES string of the molecule is CN(C)c1ccc(C(C#Cc2ccc(N(C)C)c3ccccc23)=C2C=CC(=[N+](C)C)C=C2)cc1. The van der Waals surface area contributed by atoms with Crippen LogP contribution in [-0.4, -0.2) is 52.6 Å². The normalized spacial score (nSPS) is 12.4. The van der Waals surface area contributed by atoms with Crippen LogP contribution in [0.15, 0.2) is 90.5 Å². The molecule has 0 unspecified atom stereocenters. The predicted octanol–water partition coefficient (Wildman–Crippen LogP) is 5.62. The van der Waals surface area contributed by atoms with Gasteiger partial charge in [0.05, 0.1) is 0 Å². The molecule has 0 aromatic heterocycles. The lowest BCUT2D eigenvalue weighted by Crippen LogP contribution is -2.10. The van der Waals surface area contributed by atoms with E-state index in [2.05, 4.69) is 153 Å². The molecule has 0 spiro atoms. The summed E-state index contributed by atoms with van der Waals surface area (Å²) >= 11 is 0. The molecule has 0 aliphatic heterocycles. The second kappa shape index (κ2) is 9.85. The monoisotopic (exact) mass is 446 g/mol. The highest BCUT2D eigenvalue weighted by molar-refractivity contribution is 6.04. The van der Waals surface area contributed by atoms with Crippen molar-refractivity contribution >= 4 is 33.4 Å². The minimum absolute atomic E-state index is 1.02. The van der Waals surface area contributed by atoms with Crippen LogP contribution in [0.25, 0.3) is 16.3 Å². The van der Waals surface area contributed by atoms with Crippen LogP contribution in [0.3, 0.4) is 0 Å². The average molecular weight is 447 g/mol. The van der Waals surface area contributed by atoms with E-state index in [1.54, 1.807) is 0 Å². The van der Waals surface area contributed by atoms with Crippen LogP contribution in [0, 0.1) is 11.8 Å². The molecule has 0 saturated carbocycles. The summed E-state index contributed by atoms with van der Waals surface area (Å²) in [4.78, 5) is 4.26. The second-order valence-electron chi connectivity index (χ2n) is 9.08. The van der Waals surface area contributed by atoms with Crippen molar-refractivity contribution in [3.05, 3.63) is 102 Å². The van der Waals surface area contributed by atoms with E-state index < -0.39 is 0 Å². The highest BCUT2D eigenvalue weighted by atomic mass is 15.1. The van der Waals surface area contributed by atoms with Crippen molar-refractivity contribution in [2.45, 2.75) is 0 Å². The van der Waals surface area contributed by atoms with Gasteiger partial charge in [-0.2, -0.15) is 0 Å². The molecule has 0 saturated heterocycles. The van der Waals surface area contributed by atoms with Crippen LogP contribution in [0.1, 0.15) is 11.1 Å². The Morgan fingerprint density at radius 1 is 0.706 bits per heavy atom. The van der Waals surface area contributed by atoms with Gasteiger partial charge in [-0.1, -0.05) is 48.2 Å². The maximum Gasteiger partial charge on any atom is 0.199 e. The minimum atomic E-state index is 1.02. The van der Waals surface area contributed by atoms with E-state index in [0.29, 0.717) is 0 Å². The zero-order valence-electron chi connectivity index (χ0n) is 20.9. The third-order valence-electron chi connectivity index (χ3n) is 6.05. The topological polar surface area (TPSA) is 9.49 Å². The van der Waals surface area contributed by atoms with Gasteiger partial charge in [-0.25, -0.2) is 4.58 Å². The van der Waals surface area contributed by atoms with E-state index in [9.17, 15) is 0 Å². The van der Waals surface area contributed by atoms with Gasteiger partial charge in [-0.15, -0.1) is 0 Å². The van der Waals surface area contributed by atoms with Crippen molar-refractivity contribution in [1.29, 1.82) is 0 Å². The van der Waals surface area contributed by atoms with Gasteiger partial charge in [0.2, 0.25) is 0 Å². The molecule has 3 nitrogen and oxygen atoms in total. The standard InChI is InChI=1S/C31H32N3/c1-32(2)26-17-11-23(12-18-26)28(24-13-19-27(20-14-24)33(3)4)21-15-25-16-22-31(34(5)6)30-10-8-7-9-29(25)30/h7-14,16-20,22H,1-6H3/q+1. The summed E-state index contributed by atoms with van der Waals surface area (Å²) < 4.78 is 2.11. The Balaban J connectivity index is 1.86. The van der Waals surface area contributed by atoms with Gasteiger partial charge < -0.3 is 9.80 Å². The molecule has 0 heterocycles. The summed E-state index contributed by atoms with van der Waals surface area (Å²) in [6.45, 7) is 0. The number of rotatable bonds is 3. The van der Waals surface area contributed by atoms with Gasteiger partial charge >= 0.3 is 0 Å². The summed E-state index contributed by atoms with van der Waals surface area (Å²) in [5.74, 6) is 7.03. The van der Waals surface area contributed by atoms with Gasteiger partial charge in [-0.3, -0.25) is 0 Å². The Morgan fingerprint density at radius 3 is 1.94 bits per heavy atom. The molecule has 0 amide bonds. The Kier molecular flexibility index (Phi) is 6.70. The molecule has 0 bridgehead atoms. The minimum Gasteiger partial charge on any atom is -0.378 e. The lowest BCUT2D eigenvalue weighted by molar-refractivity contribution is -0.462. The van der Waals surface area contributed by atoms with Gasteiger partial charge in [0.1, 0.15) is 14.1 Å². The maximum absolute atomic E-state index is 3.53. The van der Waals surface area contributed by atoms with E-state index >= 15 is 0 Å². The van der Waals surface area contributed by atoms with E-state index in [0.717, 1.165) is 22.3 Å². The average Bonchev–Trinajstić information content (AvgIpc) is 2.84. The van der Waals surface area contributed by atoms with Gasteiger partial charge in [-0.05, 0) is 52.9 Å². The lowest BCUT2D eigenvalue weighted by Gasteiger charge is -2.16. The molecule has 34 heavy (non-hydrogen) atoms. The highest BCUT2D eigenvalue weighted by Crippen LogP contribution is 2.29. The molecule has 4 rings (SSSR count). The third-order valence-corrected chi connectivity index (χ3v) is 6.05. The molecule has 0 radical (unpaired) electrons. The molecule has 1 aliphatic rings. The quantitative estimate of drug-likeness (QED) is 0.382. The molecule has 3 aromatic carbocycles. The molecular weight excluding hydrogens is 414 g/mol. The van der Waals surface area contributed by atoms with Crippen LogP contribution in [0.2, 0.25) is 0 Å². The molecule has 3 aromatic rings. The summed E-state index contributed by atoms with van der Waals surface area (Å²) in [5.41, 5.74) is 7.83. The zero-order valence-corrected chi connectivity index (χ0v) is 20.9. The van der Waals surface area contributed by atoms with Crippen molar-refractivity contribution in [1.82, 2.24) is 0 Å². The summed E-state index contributed by atoms with van der Waals surface area (Å²) in [6, 6.07) is 21.4. The lowest BCUT2D eigenvalue weighted by atomic mass is 9.95. The van der Waals surface area contributed by atoms with Crippen molar-refractivity contribution in [2.75, 3.05) is 52.1 Å². The first-order valence-electron chi connectivity index (χ1n) is 11.5. The summed E-state index contributed by atoms with van der Waals surface area (Å²) in [5, 5.41) is 2.39. The molecule has 1 aliphatic carbocycles. The summed E-state index contributed by atoms with van der Waals surface area (Å²) in [7, 11) is 12.4. The molecular formula is C31H32N3+. The smallest absolute Gasteiger partial charge is 0.199 e. The van der Waals surface area contributed by atoms with E-state index in [4.69, 9.17) is 0 Å². The van der Waals surface area contributed by atoms with Crippen LogP contribution in [-0.2, 0) is 0 Å². The van der Waals surface area contributed by atoms with Gasteiger partial charge in [0.15, 0.2) is 5.71 Å². The van der Waals surface area contributed by atoms with Crippen molar-refractivity contribution < 1.29 is 4.58 Å². The van der Waals surface area contributed by atoms with Gasteiger partial charge in [0, 0.05) is 68.2 Å². The van der Waals surface area contributed by atoms with E-state index in [-0.39, 0.29) is 0 Å². The first-order valence-corrected chi connectivity index (χ1v) is 11.5. The van der Waals surface area contributed by atoms with Crippen molar-refractivity contribution in [3.63, 3.8) is 0 Å². The fourth-order valence-electron chi connectivity index (χ4n) is 4.08. The predicted molar refractivity (Wildman–Crippen MR) is 148 cm³/mol. The zero-order chi connectivity index (χ0) is 24.2. The number of anilines is 2. The largest absolute Gasteiger partial charge is 0.378 e. The van der Waals surface area contributed by atoms with Crippen LogP contribution in [0.5, 0.6) is 0 Å². The highest BCUT2D eigenvalue weighted by Gasteiger charge is 2.11. The fraction of sp³-hybridized carbons (Fsp3) is 0.194. The molecule has 0 N–H and O–H groups in total. The molecule has 170 valence electrons. The van der Waals surface area contributed by atoms with Crippen molar-refractivity contribution in [2.24, 2.45) is 0 Å². The van der Waals surface area contributed by atoms with E-state index in [1.807, 2.05) is 0 Å². The number of hydrogen-bond donors (Lipinski definition) is 0. The Hall–Kier alpha value is -4.03.